The molecule has 0 unspecified atom stereocenters. The molecule has 0 atom stereocenters. The first-order chi connectivity index (χ1) is 10.9. The van der Waals surface area contributed by atoms with E-state index in [1.807, 2.05) is 32.0 Å². The van der Waals surface area contributed by atoms with Crippen LogP contribution in [-0.4, -0.2) is 11.8 Å². The third-order valence-electron chi connectivity index (χ3n) is 3.31. The topological polar surface area (TPSA) is 58.2 Å². The van der Waals surface area contributed by atoms with Crippen molar-refractivity contribution in [2.75, 3.05) is 10.6 Å². The van der Waals surface area contributed by atoms with Crippen LogP contribution < -0.4 is 10.6 Å². The van der Waals surface area contributed by atoms with Crippen LogP contribution in [0.5, 0.6) is 0 Å². The van der Waals surface area contributed by atoms with Crippen molar-refractivity contribution in [1.82, 2.24) is 0 Å². The molecule has 0 fully saturated rings. The quantitative estimate of drug-likeness (QED) is 0.803. The van der Waals surface area contributed by atoms with Crippen LogP contribution in [0.2, 0.25) is 10.0 Å². The van der Waals surface area contributed by atoms with E-state index in [9.17, 15) is 9.59 Å². The smallest absolute Gasteiger partial charge is 0.314 e. The van der Waals surface area contributed by atoms with Gasteiger partial charge in [0.1, 0.15) is 0 Å². The second-order valence-corrected chi connectivity index (χ2v) is 5.90. The maximum Gasteiger partial charge on any atom is 0.314 e. The third-order valence-corrected chi connectivity index (χ3v) is 3.74. The Morgan fingerprint density at radius 2 is 1.61 bits per heavy atom. The summed E-state index contributed by atoms with van der Waals surface area (Å²) < 4.78 is 0. The minimum Gasteiger partial charge on any atom is -0.318 e. The largest absolute Gasteiger partial charge is 0.318 e. The Hall–Kier alpha value is -2.04. The van der Waals surface area contributed by atoms with E-state index >= 15 is 0 Å². The van der Waals surface area contributed by atoms with Gasteiger partial charge >= 0.3 is 11.8 Å². The molecule has 2 amide bonds. The van der Waals surface area contributed by atoms with E-state index in [4.69, 9.17) is 23.2 Å². The molecule has 23 heavy (non-hydrogen) atoms. The van der Waals surface area contributed by atoms with E-state index in [-0.39, 0.29) is 0 Å². The summed E-state index contributed by atoms with van der Waals surface area (Å²) in [6.07, 6.45) is 0.753. The Morgan fingerprint density at radius 3 is 2.22 bits per heavy atom. The Balaban J connectivity index is 2.13. The van der Waals surface area contributed by atoms with E-state index in [2.05, 4.69) is 10.6 Å². The molecule has 0 heterocycles. The standard InChI is InChI=1S/C17H16Cl2N2O2/c1-3-11-6-4-5-10(2)15(11)21-17(23)16(22)20-14-8-12(18)7-13(19)9-14/h4-9H,3H2,1-2H3,(H,20,22)(H,21,23). The zero-order valence-corrected chi connectivity index (χ0v) is 14.3. The normalized spacial score (nSPS) is 10.3. The summed E-state index contributed by atoms with van der Waals surface area (Å²) in [5, 5.41) is 5.89. The van der Waals surface area contributed by atoms with Crippen molar-refractivity contribution in [3.8, 4) is 0 Å². The molecule has 0 aliphatic heterocycles. The molecule has 0 aliphatic rings. The van der Waals surface area contributed by atoms with Gasteiger partial charge in [-0.1, -0.05) is 48.3 Å². The Kier molecular flexibility index (Phi) is 5.64. The molecule has 0 radical (unpaired) electrons. The van der Waals surface area contributed by atoms with Crippen molar-refractivity contribution in [3.63, 3.8) is 0 Å². The highest BCUT2D eigenvalue weighted by Gasteiger charge is 2.17. The summed E-state index contributed by atoms with van der Waals surface area (Å²) in [6, 6.07) is 10.3. The lowest BCUT2D eigenvalue weighted by atomic mass is 10.1. The van der Waals surface area contributed by atoms with Gasteiger partial charge < -0.3 is 10.6 Å². The summed E-state index contributed by atoms with van der Waals surface area (Å²) in [7, 11) is 0. The van der Waals surface area contributed by atoms with Crippen LogP contribution in [0.15, 0.2) is 36.4 Å². The molecule has 0 aromatic heterocycles. The van der Waals surface area contributed by atoms with Crippen molar-refractivity contribution in [2.24, 2.45) is 0 Å². The molecule has 2 N–H and O–H groups in total. The molecule has 0 saturated carbocycles. The van der Waals surface area contributed by atoms with Crippen molar-refractivity contribution in [1.29, 1.82) is 0 Å². The van der Waals surface area contributed by atoms with Crippen LogP contribution in [0.3, 0.4) is 0 Å². The fraction of sp³-hybridized carbons (Fsp3) is 0.176. The van der Waals surface area contributed by atoms with Gasteiger partial charge in [0, 0.05) is 21.4 Å². The summed E-state index contributed by atoms with van der Waals surface area (Å²) >= 11 is 11.7. The molecule has 4 nitrogen and oxygen atoms in total. The highest BCUT2D eigenvalue weighted by Crippen LogP contribution is 2.23. The van der Waals surface area contributed by atoms with Gasteiger partial charge in [0.05, 0.1) is 0 Å². The number of nitrogens with one attached hydrogen (secondary N) is 2. The molecular weight excluding hydrogens is 335 g/mol. The predicted octanol–water partition coefficient (Wildman–Crippen LogP) is 4.44. The second-order valence-electron chi connectivity index (χ2n) is 5.03. The highest BCUT2D eigenvalue weighted by molar-refractivity contribution is 6.44. The van der Waals surface area contributed by atoms with Crippen LogP contribution in [-0.2, 0) is 16.0 Å². The SMILES string of the molecule is CCc1cccc(C)c1NC(=O)C(=O)Nc1cc(Cl)cc(Cl)c1. The molecular formula is C17H16Cl2N2O2. The Morgan fingerprint density at radius 1 is 1.00 bits per heavy atom. The second kappa shape index (κ2) is 7.49. The number of hydrogen-bond acceptors (Lipinski definition) is 2. The number of halogens is 2. The third kappa shape index (κ3) is 4.47. The first-order valence-electron chi connectivity index (χ1n) is 7.07. The maximum absolute atomic E-state index is 12.1. The minimum absolute atomic E-state index is 0.364. The minimum atomic E-state index is -0.784. The van der Waals surface area contributed by atoms with Gasteiger partial charge in [0.2, 0.25) is 0 Å². The number of carbonyl (C=O) groups is 2. The van der Waals surface area contributed by atoms with Crippen molar-refractivity contribution in [3.05, 3.63) is 57.6 Å². The molecule has 0 saturated heterocycles. The van der Waals surface area contributed by atoms with Crippen LogP contribution in [0, 0.1) is 6.92 Å². The van der Waals surface area contributed by atoms with E-state index in [1.165, 1.54) is 12.1 Å². The van der Waals surface area contributed by atoms with E-state index in [0.29, 0.717) is 21.4 Å². The van der Waals surface area contributed by atoms with Crippen molar-refractivity contribution >= 4 is 46.4 Å². The van der Waals surface area contributed by atoms with Gasteiger partial charge in [-0.05, 0) is 42.7 Å². The molecule has 2 rings (SSSR count). The molecule has 120 valence electrons. The molecule has 2 aromatic rings. The van der Waals surface area contributed by atoms with Crippen LogP contribution in [0.25, 0.3) is 0 Å². The van der Waals surface area contributed by atoms with Crippen LogP contribution >= 0.6 is 23.2 Å². The number of carbonyl (C=O) groups excluding carboxylic acids is 2. The number of aryl methyl sites for hydroxylation is 2. The summed E-state index contributed by atoms with van der Waals surface area (Å²) in [5.74, 6) is -1.53. The van der Waals surface area contributed by atoms with E-state index < -0.39 is 11.8 Å². The van der Waals surface area contributed by atoms with Crippen molar-refractivity contribution < 1.29 is 9.59 Å². The summed E-state index contributed by atoms with van der Waals surface area (Å²) in [4.78, 5) is 24.2. The van der Waals surface area contributed by atoms with Gasteiger partial charge in [-0.2, -0.15) is 0 Å². The zero-order valence-electron chi connectivity index (χ0n) is 12.7. The predicted molar refractivity (Wildman–Crippen MR) is 94.3 cm³/mol. The van der Waals surface area contributed by atoms with Crippen LogP contribution in [0.4, 0.5) is 11.4 Å². The number of rotatable bonds is 3. The fourth-order valence-electron chi connectivity index (χ4n) is 2.19. The molecule has 2 aromatic carbocycles. The molecule has 0 aliphatic carbocycles. The van der Waals surface area contributed by atoms with E-state index in [0.717, 1.165) is 17.5 Å². The van der Waals surface area contributed by atoms with E-state index in [1.54, 1.807) is 6.07 Å². The average Bonchev–Trinajstić information content (AvgIpc) is 2.48. The first-order valence-corrected chi connectivity index (χ1v) is 7.83. The number of para-hydroxylation sites is 1. The monoisotopic (exact) mass is 350 g/mol. The number of amides is 2. The van der Waals surface area contributed by atoms with Gasteiger partial charge in [-0.15, -0.1) is 0 Å². The van der Waals surface area contributed by atoms with Crippen LogP contribution in [0.1, 0.15) is 18.1 Å². The van der Waals surface area contributed by atoms with Gasteiger partial charge in [-0.25, -0.2) is 0 Å². The zero-order chi connectivity index (χ0) is 17.0. The molecule has 0 spiro atoms. The van der Waals surface area contributed by atoms with Crippen molar-refractivity contribution in [2.45, 2.75) is 20.3 Å². The fourth-order valence-corrected chi connectivity index (χ4v) is 2.71. The number of benzene rings is 2. The van der Waals surface area contributed by atoms with Gasteiger partial charge in [-0.3, -0.25) is 9.59 Å². The van der Waals surface area contributed by atoms with Gasteiger partial charge in [0.25, 0.3) is 0 Å². The Bertz CT molecular complexity index is 740. The lowest BCUT2D eigenvalue weighted by Gasteiger charge is -2.13. The first kappa shape index (κ1) is 17.3. The Labute approximate surface area is 144 Å². The lowest BCUT2D eigenvalue weighted by Crippen LogP contribution is -2.29. The maximum atomic E-state index is 12.1. The van der Waals surface area contributed by atoms with Gasteiger partial charge in [0.15, 0.2) is 0 Å². The summed E-state index contributed by atoms with van der Waals surface area (Å²) in [5.41, 5.74) is 2.90. The highest BCUT2D eigenvalue weighted by atomic mass is 35.5. The number of anilines is 2. The molecule has 0 bridgehead atoms. The molecule has 6 heteroatoms. The summed E-state index contributed by atoms with van der Waals surface area (Å²) in [6.45, 7) is 3.86. The average molecular weight is 351 g/mol. The number of hydrogen-bond donors (Lipinski definition) is 2. The lowest BCUT2D eigenvalue weighted by molar-refractivity contribution is -0.133.